The molecule has 156 valence electrons. The Morgan fingerprint density at radius 1 is 1.00 bits per heavy atom. The normalized spacial score (nSPS) is 10.9. The first-order chi connectivity index (χ1) is 14.0. The molecule has 2 aromatic rings. The Kier molecular flexibility index (Phi) is 9.89. The van der Waals surface area contributed by atoms with Gasteiger partial charge in [0.1, 0.15) is 0 Å². The van der Waals surface area contributed by atoms with Gasteiger partial charge in [0.2, 0.25) is 5.91 Å². The van der Waals surface area contributed by atoms with Crippen LogP contribution in [0.1, 0.15) is 37.8 Å². The van der Waals surface area contributed by atoms with E-state index in [0.29, 0.717) is 36.2 Å². The number of nitrogens with one attached hydrogen (secondary N) is 1. The van der Waals surface area contributed by atoms with Gasteiger partial charge < -0.3 is 14.8 Å². The monoisotopic (exact) mass is 435 g/mol. The molecule has 0 spiro atoms. The number of amides is 1. The molecular formula is C23H27Cl2NO3. The van der Waals surface area contributed by atoms with Gasteiger partial charge in [0.05, 0.1) is 13.2 Å². The first kappa shape index (κ1) is 23.1. The molecule has 0 bridgehead atoms. The average Bonchev–Trinajstić information content (AvgIpc) is 2.70. The Balaban J connectivity index is 1.89. The van der Waals surface area contributed by atoms with Crippen LogP contribution in [0.2, 0.25) is 10.0 Å². The van der Waals surface area contributed by atoms with Crippen molar-refractivity contribution in [2.75, 3.05) is 19.8 Å². The summed E-state index contributed by atoms with van der Waals surface area (Å²) in [7, 11) is 0. The van der Waals surface area contributed by atoms with Crippen LogP contribution in [0.4, 0.5) is 0 Å². The van der Waals surface area contributed by atoms with Crippen molar-refractivity contribution in [2.45, 2.75) is 33.1 Å². The Labute approximate surface area is 182 Å². The molecule has 29 heavy (non-hydrogen) atoms. The molecule has 0 heterocycles. The molecule has 2 aromatic carbocycles. The van der Waals surface area contributed by atoms with Crippen LogP contribution in [0.5, 0.6) is 11.5 Å². The third-order valence-electron chi connectivity index (χ3n) is 4.02. The molecule has 0 fully saturated rings. The summed E-state index contributed by atoms with van der Waals surface area (Å²) in [6.07, 6.45) is 5.70. The van der Waals surface area contributed by atoms with Gasteiger partial charge in [0.15, 0.2) is 11.5 Å². The van der Waals surface area contributed by atoms with E-state index in [1.807, 2.05) is 18.2 Å². The summed E-state index contributed by atoms with van der Waals surface area (Å²) in [5.41, 5.74) is 1.82. The molecule has 0 aliphatic heterocycles. The van der Waals surface area contributed by atoms with Gasteiger partial charge in [-0.25, -0.2) is 0 Å². The van der Waals surface area contributed by atoms with Crippen LogP contribution < -0.4 is 14.8 Å². The Morgan fingerprint density at radius 3 is 2.41 bits per heavy atom. The predicted octanol–water partition coefficient (Wildman–Crippen LogP) is 5.94. The third-order valence-corrected chi connectivity index (χ3v) is 4.58. The highest BCUT2D eigenvalue weighted by Gasteiger charge is 2.07. The van der Waals surface area contributed by atoms with Crippen molar-refractivity contribution >= 4 is 35.2 Å². The molecule has 0 saturated heterocycles. The topological polar surface area (TPSA) is 47.6 Å². The molecule has 6 heteroatoms. The summed E-state index contributed by atoms with van der Waals surface area (Å²) in [5.74, 6) is 1.33. The molecule has 4 nitrogen and oxygen atoms in total. The molecule has 1 N–H and O–H groups in total. The summed E-state index contributed by atoms with van der Waals surface area (Å²) < 4.78 is 11.6. The molecule has 0 atom stereocenters. The quantitative estimate of drug-likeness (QED) is 0.444. The summed E-state index contributed by atoms with van der Waals surface area (Å²) in [5, 5.41) is 3.94. The zero-order chi connectivity index (χ0) is 21.1. The van der Waals surface area contributed by atoms with E-state index >= 15 is 0 Å². The second-order valence-corrected chi connectivity index (χ2v) is 7.36. The van der Waals surface area contributed by atoms with E-state index in [1.54, 1.807) is 24.3 Å². The van der Waals surface area contributed by atoms with Crippen LogP contribution in [-0.2, 0) is 11.2 Å². The maximum Gasteiger partial charge on any atom is 0.244 e. The van der Waals surface area contributed by atoms with Crippen LogP contribution >= 0.6 is 23.2 Å². The molecule has 0 aliphatic carbocycles. The number of carbonyl (C=O) groups is 1. The second kappa shape index (κ2) is 12.4. The SMILES string of the molecule is CCCOc1ccc(CCNC(=O)C=Cc2ccc(Cl)cc2Cl)cc1OCCC. The minimum atomic E-state index is -0.179. The fourth-order valence-electron chi connectivity index (χ4n) is 2.56. The smallest absolute Gasteiger partial charge is 0.244 e. The van der Waals surface area contributed by atoms with Crippen molar-refractivity contribution in [3.8, 4) is 11.5 Å². The molecule has 1 amide bonds. The standard InChI is InChI=1S/C23H27Cl2NO3/c1-3-13-28-21-9-5-17(15-22(21)29-14-4-2)11-12-26-23(27)10-7-18-6-8-19(24)16-20(18)25/h5-10,15-16H,3-4,11-14H2,1-2H3,(H,26,27). The van der Waals surface area contributed by atoms with Gasteiger partial charge in [-0.15, -0.1) is 0 Å². The molecule has 0 aliphatic rings. The third kappa shape index (κ3) is 8.00. The van der Waals surface area contributed by atoms with Crippen molar-refractivity contribution in [2.24, 2.45) is 0 Å². The number of halogens is 2. The minimum absolute atomic E-state index is 0.179. The maximum absolute atomic E-state index is 12.1. The highest BCUT2D eigenvalue weighted by Crippen LogP contribution is 2.29. The number of hydrogen-bond acceptors (Lipinski definition) is 3. The summed E-state index contributed by atoms with van der Waals surface area (Å²) in [6, 6.07) is 11.1. The van der Waals surface area contributed by atoms with Gasteiger partial charge in [0.25, 0.3) is 0 Å². The lowest BCUT2D eigenvalue weighted by Gasteiger charge is -2.13. The first-order valence-electron chi connectivity index (χ1n) is 9.83. The number of rotatable bonds is 11. The van der Waals surface area contributed by atoms with Gasteiger partial charge in [-0.2, -0.15) is 0 Å². The average molecular weight is 436 g/mol. The van der Waals surface area contributed by atoms with Crippen molar-refractivity contribution < 1.29 is 14.3 Å². The van der Waals surface area contributed by atoms with Gasteiger partial charge in [0, 0.05) is 22.7 Å². The van der Waals surface area contributed by atoms with Crippen LogP contribution in [0, 0.1) is 0 Å². The predicted molar refractivity (Wildman–Crippen MR) is 120 cm³/mol. The zero-order valence-corrected chi connectivity index (χ0v) is 18.4. The first-order valence-corrected chi connectivity index (χ1v) is 10.6. The van der Waals surface area contributed by atoms with E-state index in [1.165, 1.54) is 6.08 Å². The van der Waals surface area contributed by atoms with E-state index in [-0.39, 0.29) is 5.91 Å². The van der Waals surface area contributed by atoms with Gasteiger partial charge in [-0.1, -0.05) is 49.2 Å². The van der Waals surface area contributed by atoms with Gasteiger partial charge in [-0.05, 0) is 60.7 Å². The minimum Gasteiger partial charge on any atom is -0.490 e. The largest absolute Gasteiger partial charge is 0.490 e. The number of carbonyl (C=O) groups excluding carboxylic acids is 1. The van der Waals surface area contributed by atoms with E-state index < -0.39 is 0 Å². The summed E-state index contributed by atoms with van der Waals surface area (Å²) in [4.78, 5) is 12.1. The molecule has 2 rings (SSSR count). The van der Waals surface area contributed by atoms with Crippen LogP contribution in [0.3, 0.4) is 0 Å². The lowest BCUT2D eigenvalue weighted by Crippen LogP contribution is -2.23. The highest BCUT2D eigenvalue weighted by molar-refractivity contribution is 6.35. The number of hydrogen-bond donors (Lipinski definition) is 1. The number of benzene rings is 2. The van der Waals surface area contributed by atoms with Crippen LogP contribution in [0.25, 0.3) is 6.08 Å². The fourth-order valence-corrected chi connectivity index (χ4v) is 3.03. The number of ether oxygens (including phenoxy) is 2. The van der Waals surface area contributed by atoms with E-state index in [9.17, 15) is 4.79 Å². The summed E-state index contributed by atoms with van der Waals surface area (Å²) in [6.45, 7) is 5.94. The highest BCUT2D eigenvalue weighted by atomic mass is 35.5. The Bertz CT molecular complexity index is 837. The molecule has 0 radical (unpaired) electrons. The fraction of sp³-hybridized carbons (Fsp3) is 0.348. The summed E-state index contributed by atoms with van der Waals surface area (Å²) >= 11 is 12.0. The maximum atomic E-state index is 12.1. The van der Waals surface area contributed by atoms with Crippen molar-refractivity contribution in [1.82, 2.24) is 5.32 Å². The van der Waals surface area contributed by atoms with Crippen molar-refractivity contribution in [1.29, 1.82) is 0 Å². The van der Waals surface area contributed by atoms with E-state index in [4.69, 9.17) is 32.7 Å². The van der Waals surface area contributed by atoms with Crippen molar-refractivity contribution in [3.05, 3.63) is 63.6 Å². The molecule has 0 unspecified atom stereocenters. The van der Waals surface area contributed by atoms with Crippen molar-refractivity contribution in [3.63, 3.8) is 0 Å². The lowest BCUT2D eigenvalue weighted by atomic mass is 10.1. The van der Waals surface area contributed by atoms with Crippen LogP contribution in [-0.4, -0.2) is 25.7 Å². The second-order valence-electron chi connectivity index (χ2n) is 6.52. The molecule has 0 saturated carbocycles. The van der Waals surface area contributed by atoms with Gasteiger partial charge in [-0.3, -0.25) is 4.79 Å². The molecular weight excluding hydrogens is 409 g/mol. The molecule has 0 aromatic heterocycles. The lowest BCUT2D eigenvalue weighted by molar-refractivity contribution is -0.116. The van der Waals surface area contributed by atoms with Crippen LogP contribution in [0.15, 0.2) is 42.5 Å². The van der Waals surface area contributed by atoms with Gasteiger partial charge >= 0.3 is 0 Å². The van der Waals surface area contributed by atoms with E-state index in [0.717, 1.165) is 35.5 Å². The zero-order valence-electron chi connectivity index (χ0n) is 16.8. The van der Waals surface area contributed by atoms with E-state index in [2.05, 4.69) is 19.2 Å². The Morgan fingerprint density at radius 2 is 1.72 bits per heavy atom. The Hall–Kier alpha value is -2.17.